The minimum atomic E-state index is 0.381. The number of hydrogen-bond acceptors (Lipinski definition) is 3. The molecule has 0 unspecified atom stereocenters. The summed E-state index contributed by atoms with van der Waals surface area (Å²) in [5.41, 5.74) is 6.07. The summed E-state index contributed by atoms with van der Waals surface area (Å²) in [6, 6.07) is 5.61. The molecule has 0 radical (unpaired) electrons. The Kier molecular flexibility index (Phi) is 3.35. The third kappa shape index (κ3) is 3.21. The van der Waals surface area contributed by atoms with Crippen molar-refractivity contribution in [2.75, 3.05) is 6.54 Å². The number of hydrogen-bond donors (Lipinski definition) is 1. The van der Waals surface area contributed by atoms with Gasteiger partial charge in [-0.2, -0.15) is 0 Å². The molecule has 62 valence electrons. The molecule has 0 aromatic carbocycles. The number of aliphatic imine (C=N–C) groups is 1. The van der Waals surface area contributed by atoms with Gasteiger partial charge in [-0.05, 0) is 12.1 Å². The van der Waals surface area contributed by atoms with Crippen molar-refractivity contribution in [3.8, 4) is 0 Å². The first kappa shape index (κ1) is 8.80. The summed E-state index contributed by atoms with van der Waals surface area (Å²) in [4.78, 5) is 8.42. The Morgan fingerprint density at radius 2 is 2.50 bits per heavy atom. The maximum atomic E-state index is 5.25. The first-order valence-corrected chi connectivity index (χ1v) is 3.89. The Morgan fingerprint density at radius 3 is 3.08 bits per heavy atom. The molecule has 0 atom stereocenters. The van der Waals surface area contributed by atoms with Crippen molar-refractivity contribution in [1.29, 1.82) is 0 Å². The quantitative estimate of drug-likeness (QED) is 0.551. The standard InChI is InChI=1S/C8H9N3S/c9-8(12)6-10-5-7-3-1-2-4-11-7/h1-5H,6H2,(H2,9,12). The second kappa shape index (κ2) is 4.56. The van der Waals surface area contributed by atoms with Crippen molar-refractivity contribution < 1.29 is 0 Å². The molecule has 3 nitrogen and oxygen atoms in total. The molecule has 1 rings (SSSR count). The minimum Gasteiger partial charge on any atom is -0.392 e. The molecule has 2 N–H and O–H groups in total. The van der Waals surface area contributed by atoms with Crippen LogP contribution in [0, 0.1) is 0 Å². The van der Waals surface area contributed by atoms with Crippen LogP contribution >= 0.6 is 12.2 Å². The van der Waals surface area contributed by atoms with E-state index in [4.69, 9.17) is 5.73 Å². The van der Waals surface area contributed by atoms with Gasteiger partial charge in [0.05, 0.1) is 17.2 Å². The van der Waals surface area contributed by atoms with Gasteiger partial charge >= 0.3 is 0 Å². The lowest BCUT2D eigenvalue weighted by molar-refractivity contribution is 1.26. The van der Waals surface area contributed by atoms with Crippen LogP contribution in [0.5, 0.6) is 0 Å². The first-order valence-electron chi connectivity index (χ1n) is 3.48. The van der Waals surface area contributed by atoms with Gasteiger partial charge in [0.1, 0.15) is 0 Å². The number of nitrogens with two attached hydrogens (primary N) is 1. The van der Waals surface area contributed by atoms with Gasteiger partial charge in [0.25, 0.3) is 0 Å². The Labute approximate surface area is 76.3 Å². The predicted octanol–water partition coefficient (Wildman–Crippen LogP) is 0.787. The third-order valence-electron chi connectivity index (χ3n) is 1.16. The van der Waals surface area contributed by atoms with Crippen molar-refractivity contribution in [3.05, 3.63) is 30.1 Å². The number of rotatable bonds is 3. The van der Waals surface area contributed by atoms with Crippen LogP contribution in [0.15, 0.2) is 29.4 Å². The summed E-state index contributed by atoms with van der Waals surface area (Å²) in [5, 5.41) is 0. The molecule has 0 saturated carbocycles. The van der Waals surface area contributed by atoms with E-state index in [0.29, 0.717) is 11.5 Å². The Hall–Kier alpha value is -1.29. The van der Waals surface area contributed by atoms with E-state index in [0.717, 1.165) is 5.69 Å². The van der Waals surface area contributed by atoms with Crippen LogP contribution in [-0.2, 0) is 0 Å². The highest BCUT2D eigenvalue weighted by atomic mass is 32.1. The summed E-state index contributed by atoms with van der Waals surface area (Å²) >= 11 is 4.65. The van der Waals surface area contributed by atoms with Gasteiger partial charge in [-0.3, -0.25) is 9.98 Å². The van der Waals surface area contributed by atoms with E-state index in [1.165, 1.54) is 0 Å². The van der Waals surface area contributed by atoms with E-state index in [2.05, 4.69) is 22.2 Å². The molecule has 0 aliphatic rings. The fourth-order valence-electron chi connectivity index (χ4n) is 0.681. The fraction of sp³-hybridized carbons (Fsp3) is 0.125. The van der Waals surface area contributed by atoms with Crippen LogP contribution in [0.2, 0.25) is 0 Å². The zero-order valence-electron chi connectivity index (χ0n) is 6.47. The van der Waals surface area contributed by atoms with Crippen molar-refractivity contribution in [2.45, 2.75) is 0 Å². The van der Waals surface area contributed by atoms with Gasteiger partial charge < -0.3 is 5.73 Å². The molecule has 4 heteroatoms. The van der Waals surface area contributed by atoms with Crippen LogP contribution in [0.3, 0.4) is 0 Å². The molecule has 1 heterocycles. The Balaban J connectivity index is 2.52. The van der Waals surface area contributed by atoms with Gasteiger partial charge in [-0.25, -0.2) is 0 Å². The van der Waals surface area contributed by atoms with Gasteiger partial charge in [0.15, 0.2) is 0 Å². The Bertz CT molecular complexity index is 282. The molecule has 0 fully saturated rings. The molecule has 0 aliphatic heterocycles. The van der Waals surface area contributed by atoms with Crippen LogP contribution < -0.4 is 5.73 Å². The van der Waals surface area contributed by atoms with E-state index in [1.54, 1.807) is 12.4 Å². The fourth-order valence-corrected chi connectivity index (χ4v) is 0.756. The average molecular weight is 179 g/mol. The van der Waals surface area contributed by atoms with Gasteiger partial charge in [0.2, 0.25) is 0 Å². The van der Waals surface area contributed by atoms with E-state index in [9.17, 15) is 0 Å². The maximum absolute atomic E-state index is 5.25. The monoisotopic (exact) mass is 179 g/mol. The summed E-state index contributed by atoms with van der Waals surface area (Å²) < 4.78 is 0. The van der Waals surface area contributed by atoms with Crippen molar-refractivity contribution >= 4 is 23.4 Å². The first-order chi connectivity index (χ1) is 5.79. The molecular formula is C8H9N3S. The molecule has 0 bridgehead atoms. The van der Waals surface area contributed by atoms with E-state index in [1.807, 2.05) is 18.2 Å². The van der Waals surface area contributed by atoms with E-state index in [-0.39, 0.29) is 0 Å². The van der Waals surface area contributed by atoms with Crippen molar-refractivity contribution in [3.63, 3.8) is 0 Å². The van der Waals surface area contributed by atoms with Crippen LogP contribution in [0.25, 0.3) is 0 Å². The second-order valence-electron chi connectivity index (χ2n) is 2.19. The molecular weight excluding hydrogens is 170 g/mol. The molecule has 12 heavy (non-hydrogen) atoms. The topological polar surface area (TPSA) is 51.3 Å². The van der Waals surface area contributed by atoms with Crippen molar-refractivity contribution in [2.24, 2.45) is 10.7 Å². The number of nitrogens with zero attached hydrogens (tertiary/aromatic N) is 2. The maximum Gasteiger partial charge on any atom is 0.0945 e. The summed E-state index contributed by atoms with van der Waals surface area (Å²) in [7, 11) is 0. The predicted molar refractivity (Wildman–Crippen MR) is 53.5 cm³/mol. The number of pyridine rings is 1. The third-order valence-corrected chi connectivity index (χ3v) is 1.29. The largest absolute Gasteiger partial charge is 0.392 e. The second-order valence-corrected chi connectivity index (χ2v) is 2.72. The molecule has 0 aliphatic carbocycles. The molecule has 0 saturated heterocycles. The highest BCUT2D eigenvalue weighted by molar-refractivity contribution is 7.80. The lowest BCUT2D eigenvalue weighted by Gasteiger charge is -1.90. The SMILES string of the molecule is NC(=S)CN=Cc1ccccn1. The van der Waals surface area contributed by atoms with Gasteiger partial charge in [-0.1, -0.05) is 18.3 Å². The highest BCUT2D eigenvalue weighted by Crippen LogP contribution is 1.87. The smallest absolute Gasteiger partial charge is 0.0945 e. The molecule has 0 spiro atoms. The summed E-state index contributed by atoms with van der Waals surface area (Å²) in [6.07, 6.45) is 3.36. The minimum absolute atomic E-state index is 0.381. The molecule has 1 aromatic rings. The lowest BCUT2D eigenvalue weighted by atomic mass is 10.4. The Morgan fingerprint density at radius 1 is 1.67 bits per heavy atom. The van der Waals surface area contributed by atoms with Crippen LogP contribution in [0.1, 0.15) is 5.69 Å². The lowest BCUT2D eigenvalue weighted by Crippen LogP contribution is -2.11. The van der Waals surface area contributed by atoms with E-state index < -0.39 is 0 Å². The molecule has 0 amide bonds. The van der Waals surface area contributed by atoms with Gasteiger partial charge in [-0.15, -0.1) is 0 Å². The zero-order valence-corrected chi connectivity index (χ0v) is 7.29. The van der Waals surface area contributed by atoms with Crippen LogP contribution in [-0.4, -0.2) is 22.7 Å². The number of thiocarbonyl (C=S) groups is 1. The average Bonchev–Trinajstić information content (AvgIpc) is 2.05. The number of aromatic nitrogens is 1. The summed E-state index contributed by atoms with van der Waals surface area (Å²) in [5.74, 6) is 0. The van der Waals surface area contributed by atoms with Crippen LogP contribution in [0.4, 0.5) is 0 Å². The summed E-state index contributed by atoms with van der Waals surface area (Å²) in [6.45, 7) is 0.381. The van der Waals surface area contributed by atoms with E-state index >= 15 is 0 Å². The zero-order chi connectivity index (χ0) is 8.81. The highest BCUT2D eigenvalue weighted by Gasteiger charge is 1.85. The normalized spacial score (nSPS) is 10.3. The molecule has 1 aromatic heterocycles. The van der Waals surface area contributed by atoms with Crippen molar-refractivity contribution in [1.82, 2.24) is 4.98 Å². The van der Waals surface area contributed by atoms with Gasteiger partial charge in [0, 0.05) is 12.4 Å².